The molecule has 130 valence electrons. The third-order valence-electron chi connectivity index (χ3n) is 3.85. The maximum absolute atomic E-state index is 4.73. The molecule has 0 saturated carbocycles. The van der Waals surface area contributed by atoms with Crippen molar-refractivity contribution >= 4 is 5.96 Å². The van der Waals surface area contributed by atoms with Crippen LogP contribution in [0.1, 0.15) is 30.8 Å². The summed E-state index contributed by atoms with van der Waals surface area (Å²) in [4.78, 5) is 6.89. The largest absolute Gasteiger partial charge is 0.357 e. The maximum Gasteiger partial charge on any atom is 0.194 e. The lowest BCUT2D eigenvalue weighted by molar-refractivity contribution is 0.475. The minimum atomic E-state index is 0.700. The number of aliphatic imine (C=N–C) groups is 1. The summed E-state index contributed by atoms with van der Waals surface area (Å²) in [6.07, 6.45) is 2.66. The lowest BCUT2D eigenvalue weighted by atomic mass is 10.1. The van der Waals surface area contributed by atoms with Gasteiger partial charge in [0.1, 0.15) is 12.2 Å². The number of benzene rings is 1. The summed E-state index contributed by atoms with van der Waals surface area (Å²) in [6, 6.07) is 8.62. The Morgan fingerprint density at radius 2 is 2.00 bits per heavy atom. The molecule has 1 aromatic heterocycles. The van der Waals surface area contributed by atoms with E-state index in [4.69, 9.17) is 4.99 Å². The Balaban J connectivity index is 1.97. The molecule has 0 aliphatic carbocycles. The number of rotatable bonds is 7. The molecule has 0 radical (unpaired) electrons. The maximum atomic E-state index is 4.73. The number of aromatic nitrogens is 3. The topological polar surface area (TPSA) is 58.3 Å². The zero-order valence-corrected chi connectivity index (χ0v) is 15.2. The average molecular weight is 328 g/mol. The van der Waals surface area contributed by atoms with Crippen molar-refractivity contribution in [1.29, 1.82) is 0 Å². The van der Waals surface area contributed by atoms with Crippen LogP contribution in [-0.2, 0) is 19.5 Å². The molecule has 0 unspecified atom stereocenters. The van der Waals surface area contributed by atoms with Gasteiger partial charge in [0.05, 0.1) is 6.54 Å². The van der Waals surface area contributed by atoms with Crippen LogP contribution in [0.3, 0.4) is 0 Å². The van der Waals surface area contributed by atoms with Gasteiger partial charge in [0.25, 0.3) is 0 Å². The summed E-state index contributed by atoms with van der Waals surface area (Å²) in [6.45, 7) is 9.46. The molecule has 2 aromatic rings. The molecular formula is C18H28N6. The minimum absolute atomic E-state index is 0.700. The van der Waals surface area contributed by atoms with Gasteiger partial charge in [-0.15, -0.1) is 10.2 Å². The summed E-state index contributed by atoms with van der Waals surface area (Å²) >= 11 is 0. The molecule has 6 nitrogen and oxygen atoms in total. The Labute approximate surface area is 144 Å². The van der Waals surface area contributed by atoms with Crippen LogP contribution in [0.5, 0.6) is 0 Å². The summed E-state index contributed by atoms with van der Waals surface area (Å²) in [5, 5.41) is 11.4. The highest BCUT2D eigenvalue weighted by Crippen LogP contribution is 2.06. The lowest BCUT2D eigenvalue weighted by Crippen LogP contribution is -2.38. The SMILES string of the molecule is CCNC(=NCCn1cnnc1CC)N(C)Cc1ccc(C)cc1. The monoisotopic (exact) mass is 328 g/mol. The molecule has 2 rings (SSSR count). The number of guanidine groups is 1. The summed E-state index contributed by atoms with van der Waals surface area (Å²) in [5.41, 5.74) is 2.56. The van der Waals surface area contributed by atoms with Crippen LogP contribution in [-0.4, -0.2) is 45.8 Å². The second-order valence-electron chi connectivity index (χ2n) is 5.87. The first kappa shape index (κ1) is 18.0. The molecule has 0 aliphatic rings. The van der Waals surface area contributed by atoms with Crippen LogP contribution in [0.4, 0.5) is 0 Å². The van der Waals surface area contributed by atoms with Crippen molar-refractivity contribution in [2.45, 2.75) is 40.3 Å². The van der Waals surface area contributed by atoms with E-state index < -0.39 is 0 Å². The fourth-order valence-electron chi connectivity index (χ4n) is 2.52. The first-order valence-corrected chi connectivity index (χ1v) is 8.55. The highest BCUT2D eigenvalue weighted by Gasteiger charge is 2.07. The molecule has 0 atom stereocenters. The summed E-state index contributed by atoms with van der Waals surface area (Å²) in [7, 11) is 2.07. The van der Waals surface area contributed by atoms with E-state index >= 15 is 0 Å². The standard InChI is InChI=1S/C18H28N6/c1-5-17-22-21-14-24(17)12-11-20-18(19-6-2)23(4)13-16-9-7-15(3)8-10-16/h7-10,14H,5-6,11-13H2,1-4H3,(H,19,20). The second-order valence-corrected chi connectivity index (χ2v) is 5.87. The average Bonchev–Trinajstić information content (AvgIpc) is 3.03. The second kappa shape index (κ2) is 9.05. The van der Waals surface area contributed by atoms with Crippen molar-refractivity contribution in [3.05, 3.63) is 47.5 Å². The minimum Gasteiger partial charge on any atom is -0.357 e. The van der Waals surface area contributed by atoms with E-state index in [1.165, 1.54) is 11.1 Å². The van der Waals surface area contributed by atoms with Crippen molar-refractivity contribution in [3.8, 4) is 0 Å². The summed E-state index contributed by atoms with van der Waals surface area (Å²) < 4.78 is 2.06. The van der Waals surface area contributed by atoms with Crippen molar-refractivity contribution < 1.29 is 0 Å². The van der Waals surface area contributed by atoms with E-state index in [0.717, 1.165) is 37.8 Å². The van der Waals surface area contributed by atoms with Crippen LogP contribution in [0.25, 0.3) is 0 Å². The molecule has 0 bridgehead atoms. The number of hydrogen-bond acceptors (Lipinski definition) is 3. The predicted molar refractivity (Wildman–Crippen MR) is 98.0 cm³/mol. The molecule has 1 aromatic carbocycles. The van der Waals surface area contributed by atoms with Crippen LogP contribution < -0.4 is 5.32 Å². The third-order valence-corrected chi connectivity index (χ3v) is 3.85. The van der Waals surface area contributed by atoms with E-state index in [-0.39, 0.29) is 0 Å². The number of hydrogen-bond donors (Lipinski definition) is 1. The summed E-state index contributed by atoms with van der Waals surface area (Å²) in [5.74, 6) is 1.92. The molecule has 0 aliphatic heterocycles. The molecule has 0 saturated heterocycles. The van der Waals surface area contributed by atoms with Gasteiger partial charge in [0, 0.05) is 33.1 Å². The van der Waals surface area contributed by atoms with Gasteiger partial charge in [0.2, 0.25) is 0 Å². The van der Waals surface area contributed by atoms with Gasteiger partial charge in [-0.3, -0.25) is 4.99 Å². The van der Waals surface area contributed by atoms with Gasteiger partial charge in [-0.05, 0) is 19.4 Å². The predicted octanol–water partition coefficient (Wildman–Crippen LogP) is 2.25. The molecule has 0 fully saturated rings. The van der Waals surface area contributed by atoms with Gasteiger partial charge in [-0.1, -0.05) is 36.8 Å². The van der Waals surface area contributed by atoms with Crippen molar-refractivity contribution in [2.24, 2.45) is 4.99 Å². The molecular weight excluding hydrogens is 300 g/mol. The van der Waals surface area contributed by atoms with Crippen LogP contribution in [0, 0.1) is 6.92 Å². The van der Waals surface area contributed by atoms with Gasteiger partial charge in [-0.2, -0.15) is 0 Å². The Hall–Kier alpha value is -2.37. The zero-order valence-electron chi connectivity index (χ0n) is 15.2. The Kier molecular flexibility index (Phi) is 6.78. The highest BCUT2D eigenvalue weighted by atomic mass is 15.3. The Morgan fingerprint density at radius 1 is 1.25 bits per heavy atom. The molecule has 1 N–H and O–H groups in total. The molecule has 1 heterocycles. The van der Waals surface area contributed by atoms with Crippen LogP contribution in [0.15, 0.2) is 35.6 Å². The fourth-order valence-corrected chi connectivity index (χ4v) is 2.52. The van der Waals surface area contributed by atoms with Crippen LogP contribution in [0.2, 0.25) is 0 Å². The number of aryl methyl sites for hydroxylation is 2. The van der Waals surface area contributed by atoms with E-state index in [1.54, 1.807) is 6.33 Å². The van der Waals surface area contributed by atoms with Gasteiger partial charge >= 0.3 is 0 Å². The normalized spacial score (nSPS) is 11.6. The molecule has 6 heteroatoms. The van der Waals surface area contributed by atoms with Crippen molar-refractivity contribution in [3.63, 3.8) is 0 Å². The number of nitrogens with zero attached hydrogens (tertiary/aromatic N) is 5. The van der Waals surface area contributed by atoms with E-state index in [1.807, 2.05) is 0 Å². The van der Waals surface area contributed by atoms with Gasteiger partial charge in [0.15, 0.2) is 5.96 Å². The quantitative estimate of drug-likeness (QED) is 0.625. The zero-order chi connectivity index (χ0) is 17.4. The van der Waals surface area contributed by atoms with Gasteiger partial charge in [-0.25, -0.2) is 0 Å². The van der Waals surface area contributed by atoms with E-state index in [0.29, 0.717) is 6.54 Å². The van der Waals surface area contributed by atoms with Crippen LogP contribution >= 0.6 is 0 Å². The molecule has 0 spiro atoms. The first-order valence-electron chi connectivity index (χ1n) is 8.55. The first-order chi connectivity index (χ1) is 11.6. The number of nitrogens with one attached hydrogen (secondary N) is 1. The van der Waals surface area contributed by atoms with E-state index in [9.17, 15) is 0 Å². The fraction of sp³-hybridized carbons (Fsp3) is 0.500. The smallest absolute Gasteiger partial charge is 0.194 e. The third kappa shape index (κ3) is 5.08. The molecule has 24 heavy (non-hydrogen) atoms. The Morgan fingerprint density at radius 3 is 2.67 bits per heavy atom. The van der Waals surface area contributed by atoms with Crippen molar-refractivity contribution in [1.82, 2.24) is 25.0 Å². The highest BCUT2D eigenvalue weighted by molar-refractivity contribution is 5.79. The molecule has 0 amide bonds. The Bertz CT molecular complexity index is 644. The van der Waals surface area contributed by atoms with E-state index in [2.05, 4.69) is 77.1 Å². The van der Waals surface area contributed by atoms with Gasteiger partial charge < -0.3 is 14.8 Å². The lowest BCUT2D eigenvalue weighted by Gasteiger charge is -2.22. The van der Waals surface area contributed by atoms with Crippen molar-refractivity contribution in [2.75, 3.05) is 20.1 Å².